The van der Waals surface area contributed by atoms with Gasteiger partial charge >= 0.3 is 0 Å². The second-order valence-corrected chi connectivity index (χ2v) is 8.43. The Morgan fingerprint density at radius 3 is 2.48 bits per heavy atom. The van der Waals surface area contributed by atoms with Crippen molar-refractivity contribution in [3.05, 3.63) is 58.3 Å². The van der Waals surface area contributed by atoms with Crippen molar-refractivity contribution in [2.24, 2.45) is 7.05 Å². The highest BCUT2D eigenvalue weighted by molar-refractivity contribution is 9.10. The summed E-state index contributed by atoms with van der Waals surface area (Å²) in [5, 5.41) is 8.58. The number of aromatic nitrogens is 3. The Morgan fingerprint density at radius 1 is 1.10 bits per heavy atom. The third-order valence-electron chi connectivity index (χ3n) is 5.24. The summed E-state index contributed by atoms with van der Waals surface area (Å²) in [5.41, 5.74) is 1.52. The van der Waals surface area contributed by atoms with Crippen molar-refractivity contribution in [1.82, 2.24) is 19.7 Å². The normalized spacial score (nSPS) is 14.1. The van der Waals surface area contributed by atoms with Crippen molar-refractivity contribution in [2.75, 3.05) is 37.7 Å². The zero-order valence-electron chi connectivity index (χ0n) is 17.4. The van der Waals surface area contributed by atoms with E-state index in [1.165, 1.54) is 12.1 Å². The van der Waals surface area contributed by atoms with Crippen LogP contribution in [0.5, 0.6) is 5.75 Å². The molecule has 0 radical (unpaired) electrons. The van der Waals surface area contributed by atoms with Crippen LogP contribution < -0.4 is 9.64 Å². The summed E-state index contributed by atoms with van der Waals surface area (Å²) in [6.45, 7) is 4.28. The first-order valence-corrected chi connectivity index (χ1v) is 10.8. The maximum atomic E-state index is 13.8. The second-order valence-electron chi connectivity index (χ2n) is 7.51. The molecular formula is C22H23BrFN5O2. The molecule has 0 aliphatic carbocycles. The molecule has 0 N–H and O–H groups in total. The van der Waals surface area contributed by atoms with Crippen LogP contribution in [0.25, 0.3) is 11.4 Å². The van der Waals surface area contributed by atoms with Crippen molar-refractivity contribution >= 4 is 27.8 Å². The highest BCUT2D eigenvalue weighted by Gasteiger charge is 2.25. The Bertz CT molecular complexity index is 1060. The minimum Gasteiger partial charge on any atom is -0.484 e. The number of halogens is 2. The Labute approximate surface area is 188 Å². The molecule has 2 heterocycles. The van der Waals surface area contributed by atoms with Gasteiger partial charge in [-0.2, -0.15) is 0 Å². The molecule has 0 atom stereocenters. The number of benzene rings is 2. The quantitative estimate of drug-likeness (QED) is 0.551. The Hall–Kier alpha value is -2.94. The van der Waals surface area contributed by atoms with Gasteiger partial charge in [0.25, 0.3) is 5.91 Å². The van der Waals surface area contributed by atoms with E-state index in [1.807, 2.05) is 48.9 Å². The van der Waals surface area contributed by atoms with E-state index >= 15 is 0 Å². The number of hydrogen-bond acceptors (Lipinski definition) is 5. The van der Waals surface area contributed by atoms with Crippen LogP contribution in [0.4, 0.5) is 10.3 Å². The zero-order valence-corrected chi connectivity index (χ0v) is 19.0. The summed E-state index contributed by atoms with van der Waals surface area (Å²) in [7, 11) is 1.87. The Kier molecular flexibility index (Phi) is 6.22. The number of carbonyl (C=O) groups excluding carboxylic acids is 1. The second kappa shape index (κ2) is 9.05. The highest BCUT2D eigenvalue weighted by Crippen LogP contribution is 2.24. The van der Waals surface area contributed by atoms with E-state index in [2.05, 4.69) is 31.0 Å². The number of carbonyl (C=O) groups is 1. The van der Waals surface area contributed by atoms with Gasteiger partial charge in [-0.25, -0.2) is 4.39 Å². The average molecular weight is 488 g/mol. The van der Waals surface area contributed by atoms with E-state index in [-0.39, 0.29) is 18.3 Å². The van der Waals surface area contributed by atoms with Crippen molar-refractivity contribution in [3.8, 4) is 17.1 Å². The predicted octanol–water partition coefficient (Wildman–Crippen LogP) is 3.42. The van der Waals surface area contributed by atoms with Gasteiger partial charge < -0.3 is 14.5 Å². The third-order valence-corrected chi connectivity index (χ3v) is 5.77. The molecule has 1 aliphatic rings. The molecule has 31 heavy (non-hydrogen) atoms. The molecule has 4 rings (SSSR count). The molecule has 1 aliphatic heterocycles. The first-order chi connectivity index (χ1) is 14.9. The number of amides is 1. The number of ether oxygens (including phenoxy) is 1. The van der Waals surface area contributed by atoms with Crippen LogP contribution in [-0.2, 0) is 11.8 Å². The van der Waals surface area contributed by atoms with Gasteiger partial charge in [-0.1, -0.05) is 15.9 Å². The summed E-state index contributed by atoms with van der Waals surface area (Å²) in [6, 6.07) is 12.2. The maximum absolute atomic E-state index is 13.8. The van der Waals surface area contributed by atoms with Crippen LogP contribution in [0.1, 0.15) is 5.56 Å². The van der Waals surface area contributed by atoms with Crippen LogP contribution in [0.3, 0.4) is 0 Å². The third kappa shape index (κ3) is 4.87. The molecule has 3 aromatic rings. The number of hydrogen-bond donors (Lipinski definition) is 0. The van der Waals surface area contributed by atoms with Gasteiger partial charge in [0.15, 0.2) is 12.4 Å². The first kappa shape index (κ1) is 21.3. The topological polar surface area (TPSA) is 63.5 Å². The smallest absolute Gasteiger partial charge is 0.260 e. The molecule has 0 unspecified atom stereocenters. The first-order valence-electron chi connectivity index (χ1n) is 9.99. The largest absolute Gasteiger partial charge is 0.484 e. The number of piperazine rings is 1. The molecule has 1 amide bonds. The fraction of sp³-hybridized carbons (Fsp3) is 0.318. The molecular weight excluding hydrogens is 465 g/mol. The fourth-order valence-corrected chi connectivity index (χ4v) is 3.90. The van der Waals surface area contributed by atoms with Crippen molar-refractivity contribution in [3.63, 3.8) is 0 Å². The van der Waals surface area contributed by atoms with E-state index in [1.54, 1.807) is 4.90 Å². The molecule has 1 aromatic heterocycles. The number of aryl methyl sites for hydroxylation is 1. The van der Waals surface area contributed by atoms with Gasteiger partial charge in [0.1, 0.15) is 11.6 Å². The van der Waals surface area contributed by atoms with Gasteiger partial charge in [0.2, 0.25) is 5.95 Å². The van der Waals surface area contributed by atoms with Crippen molar-refractivity contribution in [2.45, 2.75) is 6.92 Å². The summed E-state index contributed by atoms with van der Waals surface area (Å²) >= 11 is 3.38. The van der Waals surface area contributed by atoms with Crippen molar-refractivity contribution in [1.29, 1.82) is 0 Å². The van der Waals surface area contributed by atoms with Crippen molar-refractivity contribution < 1.29 is 13.9 Å². The molecule has 0 saturated carbocycles. The van der Waals surface area contributed by atoms with Crippen LogP contribution in [0.15, 0.2) is 46.9 Å². The minimum absolute atomic E-state index is 0.00859. The summed E-state index contributed by atoms with van der Waals surface area (Å²) in [4.78, 5) is 16.4. The van der Waals surface area contributed by atoms with E-state index in [4.69, 9.17) is 4.74 Å². The van der Waals surface area contributed by atoms with Crippen LogP contribution in [0.2, 0.25) is 0 Å². The molecule has 1 fully saturated rings. The van der Waals surface area contributed by atoms with Crippen LogP contribution >= 0.6 is 15.9 Å². The predicted molar refractivity (Wildman–Crippen MR) is 120 cm³/mol. The monoisotopic (exact) mass is 487 g/mol. The zero-order chi connectivity index (χ0) is 22.0. The summed E-state index contributed by atoms with van der Waals surface area (Å²) in [5.74, 6) is 1.64. The van der Waals surface area contributed by atoms with E-state index in [0.29, 0.717) is 49.3 Å². The number of nitrogens with zero attached hydrogens (tertiary/aromatic N) is 5. The molecule has 0 bridgehead atoms. The summed E-state index contributed by atoms with van der Waals surface area (Å²) < 4.78 is 22.2. The summed E-state index contributed by atoms with van der Waals surface area (Å²) in [6.07, 6.45) is 0. The van der Waals surface area contributed by atoms with Gasteiger partial charge in [0, 0.05) is 43.3 Å². The highest BCUT2D eigenvalue weighted by atomic mass is 79.9. The Morgan fingerprint density at radius 2 is 1.81 bits per heavy atom. The lowest BCUT2D eigenvalue weighted by molar-refractivity contribution is -0.133. The van der Waals surface area contributed by atoms with Crippen LogP contribution in [-0.4, -0.2) is 58.4 Å². The number of rotatable bonds is 5. The fourth-order valence-electron chi connectivity index (χ4n) is 3.64. The van der Waals surface area contributed by atoms with Gasteiger partial charge in [-0.15, -0.1) is 10.2 Å². The van der Waals surface area contributed by atoms with Gasteiger partial charge in [-0.3, -0.25) is 9.36 Å². The van der Waals surface area contributed by atoms with Gasteiger partial charge in [0.05, 0.1) is 0 Å². The van der Waals surface area contributed by atoms with E-state index in [9.17, 15) is 9.18 Å². The Balaban J connectivity index is 1.36. The van der Waals surface area contributed by atoms with E-state index in [0.717, 1.165) is 10.0 Å². The molecule has 9 heteroatoms. The molecule has 2 aromatic carbocycles. The maximum Gasteiger partial charge on any atom is 0.260 e. The minimum atomic E-state index is -0.294. The molecule has 0 spiro atoms. The lowest BCUT2D eigenvalue weighted by atomic mass is 10.1. The molecule has 7 nitrogen and oxygen atoms in total. The van der Waals surface area contributed by atoms with Gasteiger partial charge in [-0.05, 0) is 55.0 Å². The standard InChI is InChI=1S/C22H23BrFN5O2/c1-15-11-16(13-18(24)12-15)21-25-26-22(27(21)2)29-9-7-28(8-10-29)20(30)14-31-19-5-3-17(23)4-6-19/h3-6,11-13H,7-10,14H2,1-2H3. The van der Waals surface area contributed by atoms with Crippen LogP contribution in [0, 0.1) is 12.7 Å². The van der Waals surface area contributed by atoms with E-state index < -0.39 is 0 Å². The average Bonchev–Trinajstić information content (AvgIpc) is 3.14. The molecule has 162 valence electrons. The SMILES string of the molecule is Cc1cc(F)cc(-c2nnc(N3CCN(C(=O)COc4ccc(Br)cc4)CC3)n2C)c1. The lowest BCUT2D eigenvalue weighted by Crippen LogP contribution is -2.50. The number of anilines is 1. The molecule has 1 saturated heterocycles. The lowest BCUT2D eigenvalue weighted by Gasteiger charge is -2.34.